The molecule has 0 spiro atoms. The number of hydrogen-bond donors (Lipinski definition) is 2. The molecule has 10 heavy (non-hydrogen) atoms. The fourth-order valence-electron chi connectivity index (χ4n) is 0.511. The second-order valence-electron chi connectivity index (χ2n) is 3.96. The Morgan fingerprint density at radius 3 is 1.40 bits per heavy atom. The zero-order valence-corrected chi connectivity index (χ0v) is 7.47. The molecular formula is C8H18O2. The van der Waals surface area contributed by atoms with Gasteiger partial charge in [-0.1, -0.05) is 13.8 Å². The molecule has 0 aliphatic rings. The second kappa shape index (κ2) is 2.51. The van der Waals surface area contributed by atoms with Gasteiger partial charge in [-0.25, -0.2) is 0 Å². The summed E-state index contributed by atoms with van der Waals surface area (Å²) < 4.78 is 0. The highest BCUT2D eigenvalue weighted by molar-refractivity contribution is 4.89. The second-order valence-corrected chi connectivity index (χ2v) is 3.96. The van der Waals surface area contributed by atoms with Gasteiger partial charge in [-0.2, -0.15) is 0 Å². The molecule has 0 amide bonds. The van der Waals surface area contributed by atoms with Crippen LogP contribution in [0.3, 0.4) is 0 Å². The van der Waals surface area contributed by atoms with Crippen LogP contribution in [0.5, 0.6) is 0 Å². The molecule has 0 rings (SSSR count). The zero-order valence-electron chi connectivity index (χ0n) is 7.47. The van der Waals surface area contributed by atoms with E-state index in [0.717, 1.165) is 0 Å². The quantitative estimate of drug-likeness (QED) is 0.614. The molecule has 0 bridgehead atoms. The van der Waals surface area contributed by atoms with Gasteiger partial charge >= 0.3 is 0 Å². The Labute approximate surface area is 62.9 Å². The van der Waals surface area contributed by atoms with E-state index in [1.165, 1.54) is 0 Å². The Morgan fingerprint density at radius 1 is 1.10 bits per heavy atom. The highest BCUT2D eigenvalue weighted by atomic mass is 16.3. The van der Waals surface area contributed by atoms with Gasteiger partial charge < -0.3 is 10.2 Å². The maximum Gasteiger partial charge on any atom is 0.0666 e. The Morgan fingerprint density at radius 2 is 1.40 bits per heavy atom. The normalized spacial score (nSPS) is 17.1. The van der Waals surface area contributed by atoms with Crippen LogP contribution in [0, 0.1) is 5.41 Å². The van der Waals surface area contributed by atoms with E-state index in [1.54, 1.807) is 20.8 Å². The third kappa shape index (κ3) is 1.70. The first-order valence-corrected chi connectivity index (χ1v) is 3.60. The van der Waals surface area contributed by atoms with Crippen LogP contribution in [-0.2, 0) is 0 Å². The predicted molar refractivity (Wildman–Crippen MR) is 41.8 cm³/mol. The SMILES string of the molecule is CC(O)C(C)(C)C(C)(C)O. The summed E-state index contributed by atoms with van der Waals surface area (Å²) in [6.07, 6.45) is -0.493. The topological polar surface area (TPSA) is 40.5 Å². The summed E-state index contributed by atoms with van der Waals surface area (Å²) in [4.78, 5) is 0. The van der Waals surface area contributed by atoms with Crippen molar-refractivity contribution in [2.24, 2.45) is 5.41 Å². The van der Waals surface area contributed by atoms with Crippen LogP contribution in [0.2, 0.25) is 0 Å². The van der Waals surface area contributed by atoms with Crippen LogP contribution < -0.4 is 0 Å². The Kier molecular flexibility index (Phi) is 2.49. The number of rotatable bonds is 2. The summed E-state index contributed by atoms with van der Waals surface area (Å²) in [5.41, 5.74) is -1.28. The Balaban J connectivity index is 4.40. The fourth-order valence-corrected chi connectivity index (χ4v) is 0.511. The van der Waals surface area contributed by atoms with Crippen molar-refractivity contribution in [2.45, 2.75) is 46.3 Å². The molecule has 0 aromatic heterocycles. The lowest BCUT2D eigenvalue weighted by Gasteiger charge is -2.39. The van der Waals surface area contributed by atoms with Gasteiger partial charge in [-0.3, -0.25) is 0 Å². The van der Waals surface area contributed by atoms with Crippen LogP contribution in [-0.4, -0.2) is 21.9 Å². The van der Waals surface area contributed by atoms with E-state index in [9.17, 15) is 10.2 Å². The smallest absolute Gasteiger partial charge is 0.0666 e. The van der Waals surface area contributed by atoms with E-state index in [4.69, 9.17) is 0 Å². The lowest BCUT2D eigenvalue weighted by atomic mass is 9.73. The molecule has 62 valence electrons. The van der Waals surface area contributed by atoms with Crippen LogP contribution >= 0.6 is 0 Å². The van der Waals surface area contributed by atoms with Gasteiger partial charge in [0.05, 0.1) is 11.7 Å². The number of aliphatic hydroxyl groups excluding tert-OH is 1. The third-order valence-corrected chi connectivity index (χ3v) is 2.62. The van der Waals surface area contributed by atoms with Gasteiger partial charge in [0, 0.05) is 5.41 Å². The molecule has 2 N–H and O–H groups in total. The maximum absolute atomic E-state index is 9.56. The molecule has 0 aromatic rings. The van der Waals surface area contributed by atoms with Crippen molar-refractivity contribution >= 4 is 0 Å². The third-order valence-electron chi connectivity index (χ3n) is 2.62. The van der Waals surface area contributed by atoms with E-state index >= 15 is 0 Å². The monoisotopic (exact) mass is 146 g/mol. The molecule has 1 unspecified atom stereocenters. The molecule has 0 heterocycles. The fraction of sp³-hybridized carbons (Fsp3) is 1.00. The van der Waals surface area contributed by atoms with Crippen molar-refractivity contribution < 1.29 is 10.2 Å². The molecule has 0 saturated heterocycles. The number of hydrogen-bond acceptors (Lipinski definition) is 2. The number of aliphatic hydroxyl groups is 2. The first-order valence-electron chi connectivity index (χ1n) is 3.60. The van der Waals surface area contributed by atoms with Crippen molar-refractivity contribution in [2.75, 3.05) is 0 Å². The average molecular weight is 146 g/mol. The lowest BCUT2D eigenvalue weighted by molar-refractivity contribution is -0.0963. The van der Waals surface area contributed by atoms with Crippen molar-refractivity contribution in [3.63, 3.8) is 0 Å². The standard InChI is InChI=1S/C8H18O2/c1-6(9)7(2,3)8(4,5)10/h6,9-10H,1-5H3. The van der Waals surface area contributed by atoms with E-state index in [-0.39, 0.29) is 0 Å². The minimum Gasteiger partial charge on any atom is -0.393 e. The molecule has 2 heteroatoms. The van der Waals surface area contributed by atoms with Crippen molar-refractivity contribution in [3.8, 4) is 0 Å². The summed E-state index contributed by atoms with van der Waals surface area (Å²) in [6, 6.07) is 0. The molecule has 1 atom stereocenters. The van der Waals surface area contributed by atoms with Gasteiger partial charge in [0.15, 0.2) is 0 Å². The van der Waals surface area contributed by atoms with Crippen LogP contribution in [0.1, 0.15) is 34.6 Å². The van der Waals surface area contributed by atoms with E-state index in [2.05, 4.69) is 0 Å². The summed E-state index contributed by atoms with van der Waals surface area (Å²) >= 11 is 0. The highest BCUT2D eigenvalue weighted by Crippen LogP contribution is 2.33. The Hall–Kier alpha value is -0.0800. The van der Waals surface area contributed by atoms with Crippen molar-refractivity contribution in [3.05, 3.63) is 0 Å². The minimum atomic E-state index is -0.832. The van der Waals surface area contributed by atoms with Gasteiger partial charge in [-0.05, 0) is 20.8 Å². The molecule has 2 nitrogen and oxygen atoms in total. The summed E-state index contributed by atoms with van der Waals surface area (Å²) in [5.74, 6) is 0. The molecular weight excluding hydrogens is 128 g/mol. The molecule has 0 saturated carbocycles. The van der Waals surface area contributed by atoms with Crippen molar-refractivity contribution in [1.82, 2.24) is 0 Å². The van der Waals surface area contributed by atoms with Crippen LogP contribution in [0.4, 0.5) is 0 Å². The van der Waals surface area contributed by atoms with E-state index < -0.39 is 17.1 Å². The lowest BCUT2D eigenvalue weighted by Crippen LogP contribution is -2.46. The van der Waals surface area contributed by atoms with E-state index in [1.807, 2.05) is 13.8 Å². The minimum absolute atomic E-state index is 0.451. The van der Waals surface area contributed by atoms with Crippen molar-refractivity contribution in [1.29, 1.82) is 0 Å². The van der Waals surface area contributed by atoms with E-state index in [0.29, 0.717) is 0 Å². The first-order chi connectivity index (χ1) is 4.19. The Bertz CT molecular complexity index is 109. The van der Waals surface area contributed by atoms with Gasteiger partial charge in [0.1, 0.15) is 0 Å². The van der Waals surface area contributed by atoms with Gasteiger partial charge in [-0.15, -0.1) is 0 Å². The van der Waals surface area contributed by atoms with Gasteiger partial charge in [0.2, 0.25) is 0 Å². The molecule has 0 fully saturated rings. The first kappa shape index (κ1) is 9.92. The largest absolute Gasteiger partial charge is 0.393 e. The molecule has 0 aliphatic carbocycles. The summed E-state index contributed by atoms with van der Waals surface area (Å²) in [6.45, 7) is 8.80. The summed E-state index contributed by atoms with van der Waals surface area (Å²) in [7, 11) is 0. The average Bonchev–Trinajstić information content (AvgIpc) is 1.62. The molecule has 0 radical (unpaired) electrons. The summed E-state index contributed by atoms with van der Waals surface area (Å²) in [5, 5.41) is 18.8. The molecule has 0 aromatic carbocycles. The zero-order chi connectivity index (χ0) is 8.58. The predicted octanol–water partition coefficient (Wildman–Crippen LogP) is 1.16. The maximum atomic E-state index is 9.56. The van der Waals surface area contributed by atoms with Crippen LogP contribution in [0.15, 0.2) is 0 Å². The molecule has 0 aliphatic heterocycles. The highest BCUT2D eigenvalue weighted by Gasteiger charge is 2.38. The van der Waals surface area contributed by atoms with Crippen LogP contribution in [0.25, 0.3) is 0 Å². The van der Waals surface area contributed by atoms with Gasteiger partial charge in [0.25, 0.3) is 0 Å².